The van der Waals surface area contributed by atoms with Crippen molar-refractivity contribution in [3.63, 3.8) is 0 Å². The van der Waals surface area contributed by atoms with Crippen LogP contribution in [0.2, 0.25) is 0 Å². The van der Waals surface area contributed by atoms with Crippen LogP contribution in [0.15, 0.2) is 12.1 Å². The van der Waals surface area contributed by atoms with E-state index in [1.54, 1.807) is 0 Å². The normalized spacial score (nSPS) is 10.3. The van der Waals surface area contributed by atoms with Crippen LogP contribution in [0.4, 0.5) is 4.39 Å². The molecule has 0 heterocycles. The van der Waals surface area contributed by atoms with Gasteiger partial charge in [0.15, 0.2) is 0 Å². The summed E-state index contributed by atoms with van der Waals surface area (Å²) in [4.78, 5) is 0. The van der Waals surface area contributed by atoms with Crippen molar-refractivity contribution in [2.24, 2.45) is 0 Å². The van der Waals surface area contributed by atoms with Crippen LogP contribution in [-0.2, 0) is 6.42 Å². The Bertz CT molecular complexity index is 258. The van der Waals surface area contributed by atoms with Crippen molar-refractivity contribution in [2.45, 2.75) is 20.3 Å². The highest BCUT2D eigenvalue weighted by molar-refractivity contribution is 5.31. The Morgan fingerprint density at radius 2 is 2.00 bits per heavy atom. The number of hydrogen-bond donors (Lipinski definition) is 1. The minimum Gasteiger partial charge on any atom is -0.396 e. The van der Waals surface area contributed by atoms with Crippen molar-refractivity contribution in [1.82, 2.24) is 0 Å². The van der Waals surface area contributed by atoms with Gasteiger partial charge in [0.1, 0.15) is 5.82 Å². The van der Waals surface area contributed by atoms with Crippen LogP contribution in [-0.4, -0.2) is 11.7 Å². The van der Waals surface area contributed by atoms with Gasteiger partial charge < -0.3 is 5.11 Å². The van der Waals surface area contributed by atoms with Crippen molar-refractivity contribution >= 4 is 0 Å². The van der Waals surface area contributed by atoms with E-state index in [1.807, 2.05) is 19.9 Å². The molecule has 0 aliphatic rings. The molecule has 1 rings (SSSR count). The van der Waals surface area contributed by atoms with E-state index >= 15 is 0 Å². The zero-order valence-corrected chi connectivity index (χ0v) is 7.39. The predicted molar refractivity (Wildman–Crippen MR) is 46.7 cm³/mol. The van der Waals surface area contributed by atoms with Crippen molar-refractivity contribution in [2.75, 3.05) is 6.61 Å². The van der Waals surface area contributed by atoms with E-state index in [4.69, 9.17) is 5.11 Å². The number of benzene rings is 1. The summed E-state index contributed by atoms with van der Waals surface area (Å²) in [5.41, 5.74) is 2.47. The van der Waals surface area contributed by atoms with E-state index in [9.17, 15) is 4.39 Å². The molecule has 0 saturated heterocycles. The molecule has 0 aliphatic carbocycles. The third-order valence-electron chi connectivity index (χ3n) is 1.92. The SMILES string of the molecule is Cc1cc(C)c(CCO)c(F)c1. The molecule has 0 fully saturated rings. The lowest BCUT2D eigenvalue weighted by atomic mass is 10.0. The largest absolute Gasteiger partial charge is 0.396 e. The van der Waals surface area contributed by atoms with E-state index < -0.39 is 0 Å². The lowest BCUT2D eigenvalue weighted by molar-refractivity contribution is 0.297. The molecule has 1 N–H and O–H groups in total. The van der Waals surface area contributed by atoms with Crippen LogP contribution in [0.25, 0.3) is 0 Å². The quantitative estimate of drug-likeness (QED) is 0.715. The van der Waals surface area contributed by atoms with E-state index in [-0.39, 0.29) is 12.4 Å². The Balaban J connectivity index is 3.10. The van der Waals surface area contributed by atoms with Gasteiger partial charge >= 0.3 is 0 Å². The maximum absolute atomic E-state index is 13.2. The van der Waals surface area contributed by atoms with Crippen LogP contribution in [0, 0.1) is 19.7 Å². The van der Waals surface area contributed by atoms with E-state index in [1.165, 1.54) is 6.07 Å². The van der Waals surface area contributed by atoms with Gasteiger partial charge in [0.2, 0.25) is 0 Å². The van der Waals surface area contributed by atoms with Crippen LogP contribution in [0.3, 0.4) is 0 Å². The Kier molecular flexibility index (Phi) is 2.82. The Morgan fingerprint density at radius 3 is 2.50 bits per heavy atom. The first kappa shape index (κ1) is 9.20. The van der Waals surface area contributed by atoms with E-state index in [0.29, 0.717) is 12.0 Å². The van der Waals surface area contributed by atoms with Crippen molar-refractivity contribution in [3.05, 3.63) is 34.6 Å². The summed E-state index contributed by atoms with van der Waals surface area (Å²) in [7, 11) is 0. The molecule has 2 heteroatoms. The topological polar surface area (TPSA) is 20.2 Å². The second-order valence-corrected chi connectivity index (χ2v) is 3.02. The lowest BCUT2D eigenvalue weighted by Crippen LogP contribution is -1.98. The standard InChI is InChI=1S/C10H13FO/c1-7-5-8(2)9(3-4-12)10(11)6-7/h5-6,12H,3-4H2,1-2H3. The zero-order chi connectivity index (χ0) is 9.14. The van der Waals surface area contributed by atoms with Crippen LogP contribution in [0.5, 0.6) is 0 Å². The summed E-state index contributed by atoms with van der Waals surface area (Å²) in [5, 5.41) is 8.67. The average Bonchev–Trinajstić information content (AvgIpc) is 1.96. The minimum absolute atomic E-state index is 0.000814. The van der Waals surface area contributed by atoms with Gasteiger partial charge in [-0.25, -0.2) is 4.39 Å². The molecular weight excluding hydrogens is 155 g/mol. The second kappa shape index (κ2) is 3.68. The molecule has 0 aromatic heterocycles. The molecule has 0 spiro atoms. The fraction of sp³-hybridized carbons (Fsp3) is 0.400. The monoisotopic (exact) mass is 168 g/mol. The highest BCUT2D eigenvalue weighted by Crippen LogP contribution is 2.15. The molecule has 0 atom stereocenters. The van der Waals surface area contributed by atoms with Gasteiger partial charge in [-0.05, 0) is 43.0 Å². The predicted octanol–water partition coefficient (Wildman–Crippen LogP) is 1.98. The summed E-state index contributed by atoms with van der Waals surface area (Å²) < 4.78 is 13.2. The fourth-order valence-electron chi connectivity index (χ4n) is 1.37. The first-order chi connectivity index (χ1) is 5.65. The Morgan fingerprint density at radius 1 is 1.33 bits per heavy atom. The van der Waals surface area contributed by atoms with Crippen LogP contribution < -0.4 is 0 Å². The third kappa shape index (κ3) is 1.83. The molecule has 0 saturated carbocycles. The highest BCUT2D eigenvalue weighted by atomic mass is 19.1. The van der Waals surface area contributed by atoms with Gasteiger partial charge in [0, 0.05) is 6.61 Å². The highest BCUT2D eigenvalue weighted by Gasteiger charge is 2.05. The van der Waals surface area contributed by atoms with Crippen LogP contribution in [0.1, 0.15) is 16.7 Å². The number of aliphatic hydroxyl groups is 1. The first-order valence-electron chi connectivity index (χ1n) is 4.01. The van der Waals surface area contributed by atoms with Crippen molar-refractivity contribution < 1.29 is 9.50 Å². The minimum atomic E-state index is -0.207. The van der Waals surface area contributed by atoms with Gasteiger partial charge in [-0.15, -0.1) is 0 Å². The molecule has 1 aromatic rings. The number of rotatable bonds is 2. The van der Waals surface area contributed by atoms with Gasteiger partial charge in [-0.2, -0.15) is 0 Å². The molecule has 0 bridgehead atoms. The van der Waals surface area contributed by atoms with Gasteiger partial charge in [-0.1, -0.05) is 6.07 Å². The van der Waals surface area contributed by atoms with Crippen LogP contribution >= 0.6 is 0 Å². The summed E-state index contributed by atoms with van der Waals surface area (Å²) in [5.74, 6) is -0.207. The van der Waals surface area contributed by atoms with E-state index in [0.717, 1.165) is 11.1 Å². The maximum atomic E-state index is 13.2. The second-order valence-electron chi connectivity index (χ2n) is 3.02. The van der Waals surface area contributed by atoms with E-state index in [2.05, 4.69) is 0 Å². The van der Waals surface area contributed by atoms with Crippen molar-refractivity contribution in [1.29, 1.82) is 0 Å². The smallest absolute Gasteiger partial charge is 0.127 e. The van der Waals surface area contributed by atoms with Gasteiger partial charge in [-0.3, -0.25) is 0 Å². The molecule has 0 amide bonds. The molecule has 1 aromatic carbocycles. The maximum Gasteiger partial charge on any atom is 0.127 e. The first-order valence-corrected chi connectivity index (χ1v) is 4.01. The Labute approximate surface area is 71.9 Å². The zero-order valence-electron chi connectivity index (χ0n) is 7.39. The lowest BCUT2D eigenvalue weighted by Gasteiger charge is -2.06. The molecule has 12 heavy (non-hydrogen) atoms. The van der Waals surface area contributed by atoms with Gasteiger partial charge in [0.05, 0.1) is 0 Å². The summed E-state index contributed by atoms with van der Waals surface area (Å²) in [6.45, 7) is 3.72. The summed E-state index contributed by atoms with van der Waals surface area (Å²) in [6.07, 6.45) is 0.401. The van der Waals surface area contributed by atoms with Gasteiger partial charge in [0.25, 0.3) is 0 Å². The summed E-state index contributed by atoms with van der Waals surface area (Å²) >= 11 is 0. The number of hydrogen-bond acceptors (Lipinski definition) is 1. The number of aryl methyl sites for hydroxylation is 2. The summed E-state index contributed by atoms with van der Waals surface area (Å²) in [6, 6.07) is 3.42. The molecule has 1 nitrogen and oxygen atoms in total. The molecular formula is C10H13FO. The molecule has 66 valence electrons. The third-order valence-corrected chi connectivity index (χ3v) is 1.92. The Hall–Kier alpha value is -0.890. The van der Waals surface area contributed by atoms with Crippen molar-refractivity contribution in [3.8, 4) is 0 Å². The molecule has 0 unspecified atom stereocenters. The molecule has 0 aliphatic heterocycles. The average molecular weight is 168 g/mol. The number of halogens is 1. The fourth-order valence-corrected chi connectivity index (χ4v) is 1.37. The number of aliphatic hydroxyl groups excluding tert-OH is 1. The molecule has 0 radical (unpaired) electrons.